The molecule has 0 radical (unpaired) electrons. The number of carboxylic acid groups (broad SMARTS) is 1. The molecule has 27 heavy (non-hydrogen) atoms. The third-order valence-electron chi connectivity index (χ3n) is 4.26. The number of carbonyl (C=O) groups excluding carboxylic acids is 1. The topological polar surface area (TPSA) is 119 Å². The van der Waals surface area contributed by atoms with E-state index in [1.54, 1.807) is 24.3 Å². The second kappa shape index (κ2) is 8.79. The Morgan fingerprint density at radius 1 is 1.22 bits per heavy atom. The van der Waals surface area contributed by atoms with Gasteiger partial charge in [-0.3, -0.25) is 19.7 Å². The number of rotatable bonds is 8. The van der Waals surface area contributed by atoms with Crippen molar-refractivity contribution in [3.63, 3.8) is 0 Å². The Morgan fingerprint density at radius 3 is 2.56 bits per heavy atom. The van der Waals surface area contributed by atoms with Gasteiger partial charge >= 0.3 is 5.97 Å². The molecule has 0 saturated carbocycles. The highest BCUT2D eigenvalue weighted by atomic mass is 16.6. The van der Waals surface area contributed by atoms with Crippen LogP contribution in [0.25, 0.3) is 0 Å². The third-order valence-corrected chi connectivity index (χ3v) is 4.26. The van der Waals surface area contributed by atoms with Crippen LogP contribution in [0.2, 0.25) is 0 Å². The van der Waals surface area contributed by atoms with E-state index in [4.69, 9.17) is 4.74 Å². The fourth-order valence-corrected chi connectivity index (χ4v) is 2.76. The van der Waals surface area contributed by atoms with E-state index in [0.717, 1.165) is 0 Å². The normalized spacial score (nSPS) is 11.5. The van der Waals surface area contributed by atoms with Crippen molar-refractivity contribution in [2.75, 3.05) is 13.7 Å². The van der Waals surface area contributed by atoms with Crippen LogP contribution in [0.15, 0.2) is 42.5 Å². The van der Waals surface area contributed by atoms with Gasteiger partial charge in [-0.2, -0.15) is 0 Å². The first-order chi connectivity index (χ1) is 12.8. The molecule has 0 aliphatic rings. The maximum absolute atomic E-state index is 12.4. The van der Waals surface area contributed by atoms with Crippen molar-refractivity contribution < 1.29 is 24.4 Å². The summed E-state index contributed by atoms with van der Waals surface area (Å²) in [7, 11) is 1.50. The van der Waals surface area contributed by atoms with Crippen molar-refractivity contribution in [2.45, 2.75) is 13.3 Å². The number of aliphatic carboxylic acids is 1. The molecule has 2 aromatic carbocycles. The Kier molecular flexibility index (Phi) is 6.48. The molecule has 2 aromatic rings. The number of carboxylic acids is 1. The molecule has 142 valence electrons. The molecule has 8 heteroatoms. The van der Waals surface area contributed by atoms with Gasteiger partial charge in [-0.15, -0.1) is 0 Å². The SMILES string of the molecule is COc1ccccc1CC(CNC(=O)c1cccc([N+](=O)[O-])c1C)C(=O)O. The second-order valence-corrected chi connectivity index (χ2v) is 5.97. The van der Waals surface area contributed by atoms with Gasteiger partial charge in [0.15, 0.2) is 0 Å². The van der Waals surface area contributed by atoms with E-state index in [1.807, 2.05) is 0 Å². The van der Waals surface area contributed by atoms with E-state index in [1.165, 1.54) is 32.2 Å². The van der Waals surface area contributed by atoms with Gasteiger partial charge in [0.2, 0.25) is 0 Å². The van der Waals surface area contributed by atoms with Crippen LogP contribution in [0.4, 0.5) is 5.69 Å². The van der Waals surface area contributed by atoms with E-state index < -0.39 is 22.7 Å². The van der Waals surface area contributed by atoms with Gasteiger partial charge in [0, 0.05) is 23.7 Å². The van der Waals surface area contributed by atoms with Crippen molar-refractivity contribution in [1.82, 2.24) is 5.32 Å². The van der Waals surface area contributed by atoms with Crippen LogP contribution in [0.5, 0.6) is 5.75 Å². The Balaban J connectivity index is 2.12. The summed E-state index contributed by atoms with van der Waals surface area (Å²) < 4.78 is 5.23. The van der Waals surface area contributed by atoms with Gasteiger partial charge in [-0.25, -0.2) is 0 Å². The molecular formula is C19H20N2O6. The van der Waals surface area contributed by atoms with Crippen LogP contribution in [0.1, 0.15) is 21.5 Å². The van der Waals surface area contributed by atoms with E-state index >= 15 is 0 Å². The smallest absolute Gasteiger partial charge is 0.308 e. The zero-order valence-corrected chi connectivity index (χ0v) is 15.0. The van der Waals surface area contributed by atoms with Gasteiger partial charge in [0.25, 0.3) is 11.6 Å². The molecule has 8 nitrogen and oxygen atoms in total. The zero-order valence-electron chi connectivity index (χ0n) is 15.0. The minimum atomic E-state index is -1.06. The van der Waals surface area contributed by atoms with Crippen LogP contribution >= 0.6 is 0 Å². The number of hydrogen-bond donors (Lipinski definition) is 2. The number of ether oxygens (including phenoxy) is 1. The number of hydrogen-bond acceptors (Lipinski definition) is 5. The van der Waals surface area contributed by atoms with Crippen molar-refractivity contribution in [3.05, 3.63) is 69.3 Å². The van der Waals surface area contributed by atoms with Crippen LogP contribution in [0.3, 0.4) is 0 Å². The van der Waals surface area contributed by atoms with E-state index in [2.05, 4.69) is 5.32 Å². The predicted molar refractivity (Wildman–Crippen MR) is 98.0 cm³/mol. The molecule has 0 aliphatic carbocycles. The minimum absolute atomic E-state index is 0.117. The number of amides is 1. The number of methoxy groups -OCH3 is 1. The number of nitrogens with zero attached hydrogens (tertiary/aromatic N) is 1. The third kappa shape index (κ3) is 4.81. The van der Waals surface area contributed by atoms with Crippen molar-refractivity contribution in [3.8, 4) is 5.75 Å². The highest BCUT2D eigenvalue weighted by molar-refractivity contribution is 5.96. The first kappa shape index (κ1) is 19.9. The largest absolute Gasteiger partial charge is 0.496 e. The van der Waals surface area contributed by atoms with Crippen LogP contribution in [-0.2, 0) is 11.2 Å². The van der Waals surface area contributed by atoms with Crippen LogP contribution < -0.4 is 10.1 Å². The van der Waals surface area contributed by atoms with Crippen molar-refractivity contribution in [1.29, 1.82) is 0 Å². The summed E-state index contributed by atoms with van der Waals surface area (Å²) in [5.74, 6) is -1.91. The van der Waals surface area contributed by atoms with E-state index in [0.29, 0.717) is 11.3 Å². The summed E-state index contributed by atoms with van der Waals surface area (Å²) >= 11 is 0. The summed E-state index contributed by atoms with van der Waals surface area (Å²) in [6, 6.07) is 11.3. The van der Waals surface area contributed by atoms with Gasteiger partial charge in [-0.05, 0) is 31.0 Å². The van der Waals surface area contributed by atoms with Crippen LogP contribution in [-0.4, -0.2) is 35.6 Å². The van der Waals surface area contributed by atoms with E-state index in [-0.39, 0.29) is 29.8 Å². The summed E-state index contributed by atoms with van der Waals surface area (Å²) in [6.45, 7) is 1.37. The van der Waals surface area contributed by atoms with Crippen molar-refractivity contribution in [2.24, 2.45) is 5.92 Å². The molecule has 1 amide bonds. The molecule has 1 unspecified atom stereocenters. The molecule has 0 spiro atoms. The Labute approximate surface area is 155 Å². The first-order valence-corrected chi connectivity index (χ1v) is 8.22. The second-order valence-electron chi connectivity index (χ2n) is 5.97. The fourth-order valence-electron chi connectivity index (χ4n) is 2.76. The monoisotopic (exact) mass is 372 g/mol. The highest BCUT2D eigenvalue weighted by Crippen LogP contribution is 2.22. The average molecular weight is 372 g/mol. The molecule has 0 aliphatic heterocycles. The molecule has 1 atom stereocenters. The lowest BCUT2D eigenvalue weighted by Gasteiger charge is -2.16. The van der Waals surface area contributed by atoms with E-state index in [9.17, 15) is 24.8 Å². The number of para-hydroxylation sites is 1. The molecule has 2 N–H and O–H groups in total. The number of nitro benzene ring substituents is 1. The first-order valence-electron chi connectivity index (χ1n) is 8.22. The summed E-state index contributed by atoms with van der Waals surface area (Å²) in [5, 5.41) is 23.0. The fraction of sp³-hybridized carbons (Fsp3) is 0.263. The number of nitrogens with one attached hydrogen (secondary N) is 1. The Bertz CT molecular complexity index is 865. The molecular weight excluding hydrogens is 352 g/mol. The molecule has 0 aromatic heterocycles. The van der Waals surface area contributed by atoms with Gasteiger partial charge < -0.3 is 15.2 Å². The molecule has 0 saturated heterocycles. The zero-order chi connectivity index (χ0) is 20.0. The lowest BCUT2D eigenvalue weighted by Crippen LogP contribution is -2.34. The maximum atomic E-state index is 12.4. The molecule has 0 bridgehead atoms. The number of benzene rings is 2. The van der Waals surface area contributed by atoms with Gasteiger partial charge in [0.1, 0.15) is 5.75 Å². The number of carbonyl (C=O) groups is 2. The van der Waals surface area contributed by atoms with Crippen LogP contribution in [0, 0.1) is 23.0 Å². The quantitative estimate of drug-likeness (QED) is 0.543. The van der Waals surface area contributed by atoms with Gasteiger partial charge in [0.05, 0.1) is 18.0 Å². The number of nitro groups is 1. The standard InChI is InChI=1S/C19H20N2O6/c1-12-15(7-5-8-16(12)21(25)26)18(22)20-11-14(19(23)24)10-13-6-3-4-9-17(13)27-2/h3-9,14H,10-11H2,1-2H3,(H,20,22)(H,23,24). The summed E-state index contributed by atoms with van der Waals surface area (Å²) in [5.41, 5.74) is 0.932. The Morgan fingerprint density at radius 2 is 1.93 bits per heavy atom. The molecule has 0 fully saturated rings. The highest BCUT2D eigenvalue weighted by Gasteiger charge is 2.23. The molecule has 0 heterocycles. The lowest BCUT2D eigenvalue weighted by molar-refractivity contribution is -0.385. The van der Waals surface area contributed by atoms with Crippen molar-refractivity contribution >= 4 is 17.6 Å². The molecule has 2 rings (SSSR count). The summed E-state index contributed by atoms with van der Waals surface area (Å²) in [4.78, 5) is 34.4. The minimum Gasteiger partial charge on any atom is -0.496 e. The maximum Gasteiger partial charge on any atom is 0.308 e. The lowest BCUT2D eigenvalue weighted by atomic mass is 9.98. The Hall–Kier alpha value is -3.42. The predicted octanol–water partition coefficient (Wildman–Crippen LogP) is 2.59. The summed E-state index contributed by atoms with van der Waals surface area (Å²) in [6.07, 6.45) is 0.174. The van der Waals surface area contributed by atoms with Gasteiger partial charge in [-0.1, -0.05) is 24.3 Å². The average Bonchev–Trinajstić information content (AvgIpc) is 2.64.